The van der Waals surface area contributed by atoms with Gasteiger partial charge in [0.15, 0.2) is 16.9 Å². The molecule has 0 radical (unpaired) electrons. The van der Waals surface area contributed by atoms with Gasteiger partial charge in [0.1, 0.15) is 33.5 Å². The zero-order chi connectivity index (χ0) is 77.5. The van der Waals surface area contributed by atoms with Crippen LogP contribution in [0.15, 0.2) is 395 Å². The predicted molar refractivity (Wildman–Crippen MR) is 471 cm³/mol. The standard InChI is InChI=1S/2C36H23N5.C30H19N5/c1-2-12-29-28(11-1)34(40-36-35(29)39-33-16-4-6-22-41(33)36)27-10-7-9-26(23-27)24-17-19-25(20-18-24)30-14-8-15-32(38-30)31-13-3-5-21-37-31;1-2-12-30-29(11-1)34(40-36-35(30)39-33-15-3-4-21-41(33)36)27-9-5-8-26(22-27)24-16-18-25(19-17-24)31-13-6-14-32(38-31)28-10-7-20-37-23-28;1-2-12-24-23(11-1)28(34-30-29(24)33-27-15-3-4-17-35(27)30)21-9-5-8-20(18-21)25-13-6-14-26(32-25)22-10-7-16-31-19-22/h2*1-23H;1-19H. The average Bonchev–Trinajstić information content (AvgIpc) is 1.64. The topological polar surface area (TPSA) is 168 Å². The maximum Gasteiger partial charge on any atom is 0.165 e. The van der Waals surface area contributed by atoms with Crippen LogP contribution in [-0.2, 0) is 0 Å². The van der Waals surface area contributed by atoms with Crippen molar-refractivity contribution in [3.63, 3.8) is 0 Å². The Morgan fingerprint density at radius 3 is 0.880 bits per heavy atom. The first kappa shape index (κ1) is 68.7. The Hall–Kier alpha value is -16.3. The Balaban J connectivity index is 0.000000110. The van der Waals surface area contributed by atoms with Crippen LogP contribution < -0.4 is 0 Å². The Bertz CT molecular complexity index is 7380. The van der Waals surface area contributed by atoms with Gasteiger partial charge in [0.25, 0.3) is 0 Å². The van der Waals surface area contributed by atoms with Gasteiger partial charge in [-0.05, 0) is 150 Å². The second-order valence-corrected chi connectivity index (χ2v) is 28.5. The van der Waals surface area contributed by atoms with E-state index in [1.54, 1.807) is 18.6 Å². The highest BCUT2D eigenvalue weighted by molar-refractivity contribution is 6.12. The van der Waals surface area contributed by atoms with E-state index in [0.29, 0.717) is 0 Å². The lowest BCUT2D eigenvalue weighted by atomic mass is 9.97. The molecule has 15 heteroatoms. The van der Waals surface area contributed by atoms with Gasteiger partial charge in [-0.1, -0.05) is 218 Å². The summed E-state index contributed by atoms with van der Waals surface area (Å²) in [5.74, 6) is 0. The zero-order valence-electron chi connectivity index (χ0n) is 62.7. The molecule has 0 saturated heterocycles. The maximum atomic E-state index is 5.17. The van der Waals surface area contributed by atoms with Gasteiger partial charge in [0.05, 0.1) is 56.9 Å². The number of pyridine rings is 12. The van der Waals surface area contributed by atoms with Gasteiger partial charge in [-0.15, -0.1) is 0 Å². The highest BCUT2D eigenvalue weighted by Gasteiger charge is 2.21. The van der Waals surface area contributed by atoms with E-state index in [0.717, 1.165) is 206 Å². The minimum Gasteiger partial charge on any atom is -0.284 e. The van der Waals surface area contributed by atoms with E-state index >= 15 is 0 Å². The molecule has 15 nitrogen and oxygen atoms in total. The largest absolute Gasteiger partial charge is 0.284 e. The number of rotatable bonds is 11. The summed E-state index contributed by atoms with van der Waals surface area (Å²) in [6.45, 7) is 0. The van der Waals surface area contributed by atoms with Crippen LogP contribution in [-0.4, -0.2) is 73.0 Å². The molecule has 0 aliphatic carbocycles. The third-order valence-corrected chi connectivity index (χ3v) is 21.3. The van der Waals surface area contributed by atoms with Crippen molar-refractivity contribution in [3.8, 4) is 124 Å². The lowest BCUT2D eigenvalue weighted by molar-refractivity contribution is 1.19. The van der Waals surface area contributed by atoms with E-state index in [-0.39, 0.29) is 0 Å². The number of aromatic nitrogens is 15. The second-order valence-electron chi connectivity index (χ2n) is 28.5. The summed E-state index contributed by atoms with van der Waals surface area (Å²) in [5, 5.41) is 6.57. The fourth-order valence-electron chi connectivity index (χ4n) is 15.6. The van der Waals surface area contributed by atoms with Crippen LogP contribution in [0, 0.1) is 0 Å². The number of nitrogens with zero attached hydrogens (tertiary/aromatic N) is 15. The molecule has 0 atom stereocenters. The van der Waals surface area contributed by atoms with Crippen LogP contribution in [0.5, 0.6) is 0 Å². The SMILES string of the molecule is c1ccc(-c2cccc(-c3ccc(-c4cccc(-c5nc6c(nc7ccccn76)c6ccccc56)c4)cc3)n2)nc1.c1cncc(-c2cccc(-c3ccc(-c4cccc(-c5nc6c(nc7ccccn76)c6ccccc56)c4)cc3)n2)c1.c1cncc(-c2cccc(-c3cccc(-c4nc5c(nc6ccccn65)c5ccccc45)c3)n2)c1. The molecule has 23 rings (SSSR count). The normalized spacial score (nSPS) is 11.4. The molecule has 0 unspecified atom stereocenters. The van der Waals surface area contributed by atoms with Crippen LogP contribution in [0.1, 0.15) is 0 Å². The third kappa shape index (κ3) is 13.1. The molecule has 0 bridgehead atoms. The average molecular weight is 1500 g/mol. The number of hydrogen-bond donors (Lipinski definition) is 0. The van der Waals surface area contributed by atoms with Crippen LogP contribution in [0.4, 0.5) is 0 Å². The molecule has 0 N–H and O–H groups in total. The summed E-state index contributed by atoms with van der Waals surface area (Å²) in [4.78, 5) is 57.7. The van der Waals surface area contributed by atoms with Gasteiger partial charge in [0.2, 0.25) is 0 Å². The molecule has 8 aromatic carbocycles. The smallest absolute Gasteiger partial charge is 0.165 e. The van der Waals surface area contributed by atoms with E-state index in [2.05, 4.69) is 218 Å². The van der Waals surface area contributed by atoms with Gasteiger partial charge < -0.3 is 0 Å². The monoisotopic (exact) mass is 1500 g/mol. The Labute approximate surface area is 670 Å². The second kappa shape index (κ2) is 29.8. The zero-order valence-corrected chi connectivity index (χ0v) is 62.7. The first-order valence-electron chi connectivity index (χ1n) is 38.6. The van der Waals surface area contributed by atoms with Gasteiger partial charge >= 0.3 is 0 Å². The van der Waals surface area contributed by atoms with Crippen molar-refractivity contribution in [2.45, 2.75) is 0 Å². The molecule has 15 heterocycles. The predicted octanol–water partition coefficient (Wildman–Crippen LogP) is 23.8. The fraction of sp³-hybridized carbons (Fsp3) is 0. The third-order valence-electron chi connectivity index (χ3n) is 21.3. The summed E-state index contributed by atoms with van der Waals surface area (Å²) in [6.07, 6.45) is 15.1. The van der Waals surface area contributed by atoms with Crippen molar-refractivity contribution in [2.24, 2.45) is 0 Å². The first-order chi connectivity index (χ1) is 58.0. The molecule has 117 heavy (non-hydrogen) atoms. The molecule has 0 amide bonds. The van der Waals surface area contributed by atoms with E-state index in [1.807, 2.05) is 187 Å². The molecule has 0 aliphatic rings. The molecule has 0 aliphatic heterocycles. The fourth-order valence-corrected chi connectivity index (χ4v) is 15.6. The molecule has 23 aromatic rings. The molecule has 0 spiro atoms. The summed E-state index contributed by atoms with van der Waals surface area (Å²) >= 11 is 0. The van der Waals surface area contributed by atoms with Gasteiger partial charge in [-0.3, -0.25) is 28.2 Å². The number of imidazole rings is 3. The summed E-state index contributed by atoms with van der Waals surface area (Å²) in [7, 11) is 0. The molecule has 548 valence electrons. The minimum atomic E-state index is 0.858. The van der Waals surface area contributed by atoms with Crippen molar-refractivity contribution in [1.29, 1.82) is 0 Å². The summed E-state index contributed by atoms with van der Waals surface area (Å²) < 4.78 is 6.17. The van der Waals surface area contributed by atoms with E-state index in [1.165, 1.54) is 0 Å². The number of hydrogen-bond acceptors (Lipinski definition) is 12. The number of fused-ring (bicyclic) bond motifs is 15. The van der Waals surface area contributed by atoms with Crippen LogP contribution in [0.25, 0.3) is 206 Å². The quantitative estimate of drug-likeness (QED) is 0.120. The minimum absolute atomic E-state index is 0.858. The van der Waals surface area contributed by atoms with Crippen molar-refractivity contribution in [3.05, 3.63) is 395 Å². The van der Waals surface area contributed by atoms with E-state index in [4.69, 9.17) is 44.9 Å². The molecule has 15 aromatic heterocycles. The van der Waals surface area contributed by atoms with Crippen molar-refractivity contribution >= 4 is 82.8 Å². The molecule has 0 fully saturated rings. The molecular formula is C102H65N15. The van der Waals surface area contributed by atoms with Crippen molar-refractivity contribution in [1.82, 2.24) is 73.0 Å². The maximum absolute atomic E-state index is 5.17. The molecule has 0 saturated carbocycles. The van der Waals surface area contributed by atoms with Gasteiger partial charge in [-0.2, -0.15) is 0 Å². The van der Waals surface area contributed by atoms with Crippen LogP contribution in [0.2, 0.25) is 0 Å². The van der Waals surface area contributed by atoms with Gasteiger partial charge in [-0.25, -0.2) is 44.9 Å². The number of benzene rings is 8. The highest BCUT2D eigenvalue weighted by atomic mass is 15.1. The van der Waals surface area contributed by atoms with Crippen LogP contribution >= 0.6 is 0 Å². The van der Waals surface area contributed by atoms with Crippen molar-refractivity contribution in [2.75, 3.05) is 0 Å². The van der Waals surface area contributed by atoms with Crippen molar-refractivity contribution < 1.29 is 0 Å². The highest BCUT2D eigenvalue weighted by Crippen LogP contribution is 2.40. The lowest BCUT2D eigenvalue weighted by Crippen LogP contribution is -1.93. The first-order valence-corrected chi connectivity index (χ1v) is 38.6. The Morgan fingerprint density at radius 1 is 0.179 bits per heavy atom. The lowest BCUT2D eigenvalue weighted by Gasteiger charge is -2.10. The summed E-state index contributed by atoms with van der Waals surface area (Å²) in [6, 6.07) is 118. The Kier molecular flexibility index (Phi) is 17.5. The van der Waals surface area contributed by atoms with E-state index in [9.17, 15) is 0 Å². The van der Waals surface area contributed by atoms with Crippen LogP contribution in [0.3, 0.4) is 0 Å². The van der Waals surface area contributed by atoms with Gasteiger partial charge in [0, 0.05) is 126 Å². The summed E-state index contributed by atoms with van der Waals surface area (Å²) in [5.41, 5.74) is 30.1. The molecular weight excluding hydrogens is 1440 g/mol. The Morgan fingerprint density at radius 2 is 0.487 bits per heavy atom. The van der Waals surface area contributed by atoms with E-state index < -0.39 is 0 Å².